The van der Waals surface area contributed by atoms with E-state index in [1.807, 2.05) is 32.0 Å². The largest absolute Gasteiger partial charge is 0.361 e. The number of nitrogens with zero attached hydrogens (tertiary/aromatic N) is 2. The van der Waals surface area contributed by atoms with Crippen molar-refractivity contribution in [3.63, 3.8) is 0 Å². The van der Waals surface area contributed by atoms with Gasteiger partial charge in [0.1, 0.15) is 5.76 Å². The molecule has 5 nitrogen and oxygen atoms in total. The molecule has 0 aliphatic heterocycles. The molecule has 2 aromatic heterocycles. The van der Waals surface area contributed by atoms with Crippen molar-refractivity contribution in [2.24, 2.45) is 0 Å². The zero-order chi connectivity index (χ0) is 18.5. The van der Waals surface area contributed by atoms with Crippen LogP contribution in [0.15, 0.2) is 53.2 Å². The fraction of sp³-hybridized carbons (Fsp3) is 0.286. The summed E-state index contributed by atoms with van der Waals surface area (Å²) < 4.78 is 5.15. The Morgan fingerprint density at radius 2 is 1.88 bits per heavy atom. The second kappa shape index (κ2) is 7.95. The molecule has 1 N–H and O–H groups in total. The topological polar surface area (TPSA) is 68.0 Å². The van der Waals surface area contributed by atoms with E-state index in [-0.39, 0.29) is 18.4 Å². The lowest BCUT2D eigenvalue weighted by Crippen LogP contribution is -2.32. The molecule has 0 aliphatic carbocycles. The zero-order valence-corrected chi connectivity index (χ0v) is 15.3. The maximum Gasteiger partial charge on any atom is 0.225 e. The maximum atomic E-state index is 12.6. The molecule has 0 saturated heterocycles. The van der Waals surface area contributed by atoms with Crippen LogP contribution in [0.3, 0.4) is 0 Å². The lowest BCUT2D eigenvalue weighted by molar-refractivity contribution is -0.121. The van der Waals surface area contributed by atoms with Crippen molar-refractivity contribution in [2.45, 2.75) is 39.7 Å². The van der Waals surface area contributed by atoms with Crippen LogP contribution in [0.1, 0.15) is 39.9 Å². The molecule has 1 aromatic carbocycles. The van der Waals surface area contributed by atoms with Crippen molar-refractivity contribution in [3.8, 4) is 0 Å². The molecule has 5 heteroatoms. The lowest BCUT2D eigenvalue weighted by Gasteiger charge is -2.19. The molecule has 0 saturated carbocycles. The van der Waals surface area contributed by atoms with Crippen LogP contribution in [0.4, 0.5) is 0 Å². The molecule has 1 unspecified atom stereocenters. The van der Waals surface area contributed by atoms with Crippen molar-refractivity contribution in [3.05, 3.63) is 82.5 Å². The summed E-state index contributed by atoms with van der Waals surface area (Å²) in [6.07, 6.45) is 2.68. The summed E-state index contributed by atoms with van der Waals surface area (Å²) in [4.78, 5) is 17.1. The Morgan fingerprint density at radius 1 is 1.12 bits per heavy atom. The van der Waals surface area contributed by atoms with Gasteiger partial charge in [0.15, 0.2) is 0 Å². The molecule has 0 spiro atoms. The summed E-state index contributed by atoms with van der Waals surface area (Å²) >= 11 is 0. The molecular formula is C21H23N3O2. The molecule has 3 rings (SSSR count). The van der Waals surface area contributed by atoms with Crippen LogP contribution in [-0.2, 0) is 17.6 Å². The Hall–Kier alpha value is -2.95. The summed E-state index contributed by atoms with van der Waals surface area (Å²) in [5.41, 5.74) is 4.82. The summed E-state index contributed by atoms with van der Waals surface area (Å²) in [5.74, 6) is 0.618. The second-order valence-electron chi connectivity index (χ2n) is 6.54. The molecule has 0 radical (unpaired) electrons. The van der Waals surface area contributed by atoms with Crippen molar-refractivity contribution in [2.75, 3.05) is 0 Å². The monoisotopic (exact) mass is 349 g/mol. The van der Waals surface area contributed by atoms with Gasteiger partial charge in [-0.2, -0.15) is 0 Å². The van der Waals surface area contributed by atoms with E-state index in [2.05, 4.69) is 46.6 Å². The van der Waals surface area contributed by atoms with E-state index in [0.29, 0.717) is 12.2 Å². The highest BCUT2D eigenvalue weighted by molar-refractivity contribution is 5.79. The van der Waals surface area contributed by atoms with E-state index in [1.54, 1.807) is 6.20 Å². The molecular weight excluding hydrogens is 326 g/mol. The first-order valence-electron chi connectivity index (χ1n) is 8.70. The Labute approximate surface area is 153 Å². The predicted octanol–water partition coefficient (Wildman–Crippen LogP) is 3.64. The van der Waals surface area contributed by atoms with Gasteiger partial charge in [-0.15, -0.1) is 0 Å². The minimum absolute atomic E-state index is 0.0674. The van der Waals surface area contributed by atoms with Crippen molar-refractivity contribution in [1.82, 2.24) is 15.5 Å². The molecule has 0 aliphatic rings. The summed E-state index contributed by atoms with van der Waals surface area (Å²) in [6.45, 7) is 5.73. The fourth-order valence-electron chi connectivity index (χ4n) is 2.93. The number of nitrogens with one attached hydrogen (secondary N) is 1. The number of aryl methyl sites for hydroxylation is 3. The quantitative estimate of drug-likeness (QED) is 0.738. The highest BCUT2D eigenvalue weighted by atomic mass is 16.5. The van der Waals surface area contributed by atoms with Crippen molar-refractivity contribution >= 4 is 5.91 Å². The van der Waals surface area contributed by atoms with Crippen LogP contribution >= 0.6 is 0 Å². The van der Waals surface area contributed by atoms with Crippen molar-refractivity contribution < 1.29 is 9.32 Å². The number of hydrogen-bond acceptors (Lipinski definition) is 4. The van der Waals surface area contributed by atoms with Gasteiger partial charge >= 0.3 is 0 Å². The number of carbonyl (C=O) groups is 1. The number of rotatable bonds is 6. The van der Waals surface area contributed by atoms with Gasteiger partial charge in [0, 0.05) is 11.8 Å². The fourth-order valence-corrected chi connectivity index (χ4v) is 2.93. The molecule has 1 atom stereocenters. The maximum absolute atomic E-state index is 12.6. The first-order chi connectivity index (χ1) is 12.5. The molecule has 0 bridgehead atoms. The van der Waals surface area contributed by atoms with Crippen LogP contribution in [0, 0.1) is 20.8 Å². The first kappa shape index (κ1) is 17.9. The van der Waals surface area contributed by atoms with Gasteiger partial charge in [-0.3, -0.25) is 9.78 Å². The van der Waals surface area contributed by atoms with Crippen LogP contribution < -0.4 is 5.32 Å². The van der Waals surface area contributed by atoms with Gasteiger partial charge in [0.05, 0.1) is 23.9 Å². The highest BCUT2D eigenvalue weighted by Crippen LogP contribution is 2.18. The van der Waals surface area contributed by atoms with E-state index >= 15 is 0 Å². The molecule has 1 amide bonds. The standard InChI is InChI=1S/C21H23N3O2/c1-14-7-9-17(10-8-14)12-20(19-6-4-5-11-22-19)23-21(25)13-18-15(2)24-26-16(18)3/h4-11,20H,12-13H2,1-3H3,(H,23,25). The minimum Gasteiger partial charge on any atom is -0.361 e. The number of amides is 1. The van der Waals surface area contributed by atoms with Crippen LogP contribution in [0.5, 0.6) is 0 Å². The number of hydrogen-bond donors (Lipinski definition) is 1. The molecule has 2 heterocycles. The van der Waals surface area contributed by atoms with Crippen LogP contribution in [0.25, 0.3) is 0 Å². The van der Waals surface area contributed by atoms with Gasteiger partial charge in [-0.05, 0) is 44.9 Å². The van der Waals surface area contributed by atoms with Crippen LogP contribution in [-0.4, -0.2) is 16.0 Å². The Bertz CT molecular complexity index is 851. The summed E-state index contributed by atoms with van der Waals surface area (Å²) in [5, 5.41) is 7.03. The highest BCUT2D eigenvalue weighted by Gasteiger charge is 2.19. The Morgan fingerprint density at radius 3 is 2.50 bits per heavy atom. The van der Waals surface area contributed by atoms with E-state index in [4.69, 9.17) is 4.52 Å². The van der Waals surface area contributed by atoms with E-state index in [0.717, 1.165) is 22.5 Å². The number of benzene rings is 1. The number of carbonyl (C=O) groups excluding carboxylic acids is 1. The third-order valence-corrected chi connectivity index (χ3v) is 4.46. The van der Waals surface area contributed by atoms with Gasteiger partial charge in [-0.25, -0.2) is 0 Å². The van der Waals surface area contributed by atoms with Gasteiger partial charge in [0.25, 0.3) is 0 Å². The third-order valence-electron chi connectivity index (χ3n) is 4.46. The van der Waals surface area contributed by atoms with Gasteiger partial charge < -0.3 is 9.84 Å². The zero-order valence-electron chi connectivity index (χ0n) is 15.3. The summed E-state index contributed by atoms with van der Waals surface area (Å²) in [6, 6.07) is 13.9. The third kappa shape index (κ3) is 4.36. The molecule has 26 heavy (non-hydrogen) atoms. The molecule has 3 aromatic rings. The Balaban J connectivity index is 1.77. The molecule has 0 fully saturated rings. The predicted molar refractivity (Wildman–Crippen MR) is 99.7 cm³/mol. The SMILES string of the molecule is Cc1ccc(CC(NC(=O)Cc2c(C)noc2C)c2ccccn2)cc1. The van der Waals surface area contributed by atoms with E-state index in [9.17, 15) is 4.79 Å². The van der Waals surface area contributed by atoms with Crippen LogP contribution in [0.2, 0.25) is 0 Å². The first-order valence-corrected chi connectivity index (χ1v) is 8.70. The minimum atomic E-state index is -0.188. The Kier molecular flexibility index (Phi) is 5.46. The average Bonchev–Trinajstić information content (AvgIpc) is 2.95. The number of aromatic nitrogens is 2. The second-order valence-corrected chi connectivity index (χ2v) is 6.54. The normalized spacial score (nSPS) is 12.0. The molecule has 134 valence electrons. The van der Waals surface area contributed by atoms with E-state index in [1.165, 1.54) is 5.56 Å². The smallest absolute Gasteiger partial charge is 0.225 e. The van der Waals surface area contributed by atoms with Crippen molar-refractivity contribution in [1.29, 1.82) is 0 Å². The van der Waals surface area contributed by atoms with Gasteiger partial charge in [-0.1, -0.05) is 41.1 Å². The van der Waals surface area contributed by atoms with E-state index < -0.39 is 0 Å². The lowest BCUT2D eigenvalue weighted by atomic mass is 10.0. The van der Waals surface area contributed by atoms with Gasteiger partial charge in [0.2, 0.25) is 5.91 Å². The number of pyridine rings is 1. The summed E-state index contributed by atoms with van der Waals surface area (Å²) in [7, 11) is 0. The average molecular weight is 349 g/mol.